The summed E-state index contributed by atoms with van der Waals surface area (Å²) in [4.78, 5) is 5.91. The summed E-state index contributed by atoms with van der Waals surface area (Å²) in [5.74, 6) is 0.759. The molecule has 0 fully saturated rings. The molecule has 1 aromatic heterocycles. The second kappa shape index (κ2) is 7.35. The zero-order valence-electron chi connectivity index (χ0n) is 11.6. The van der Waals surface area contributed by atoms with Crippen LogP contribution in [0.4, 0.5) is 8.78 Å². The van der Waals surface area contributed by atoms with Gasteiger partial charge in [-0.1, -0.05) is 0 Å². The molecule has 19 heavy (non-hydrogen) atoms. The highest BCUT2D eigenvalue weighted by Gasteiger charge is 2.16. The second-order valence-corrected chi connectivity index (χ2v) is 4.46. The third-order valence-electron chi connectivity index (χ3n) is 2.96. The van der Waals surface area contributed by atoms with E-state index in [4.69, 9.17) is 10.5 Å². The minimum Gasteiger partial charge on any atom is -0.496 e. The lowest BCUT2D eigenvalue weighted by Gasteiger charge is -2.22. The minimum atomic E-state index is -2.38. The maximum atomic E-state index is 12.5. The number of aromatic nitrogens is 1. The van der Waals surface area contributed by atoms with E-state index in [0.29, 0.717) is 19.6 Å². The van der Waals surface area contributed by atoms with E-state index in [9.17, 15) is 8.78 Å². The lowest BCUT2D eigenvalue weighted by Crippen LogP contribution is -2.33. The van der Waals surface area contributed by atoms with E-state index >= 15 is 0 Å². The van der Waals surface area contributed by atoms with Crippen LogP contribution >= 0.6 is 0 Å². The Morgan fingerprint density at radius 3 is 2.63 bits per heavy atom. The summed E-state index contributed by atoms with van der Waals surface area (Å²) in [6, 6.07) is 0. The number of nitrogens with two attached hydrogens (primary N) is 1. The third kappa shape index (κ3) is 4.40. The van der Waals surface area contributed by atoms with Crippen LogP contribution in [-0.2, 0) is 6.54 Å². The van der Waals surface area contributed by atoms with Gasteiger partial charge in [-0.2, -0.15) is 0 Å². The summed E-state index contributed by atoms with van der Waals surface area (Å²) < 4.78 is 30.3. The van der Waals surface area contributed by atoms with Crippen LogP contribution in [0.1, 0.15) is 16.8 Å². The van der Waals surface area contributed by atoms with Crippen LogP contribution in [0.15, 0.2) is 6.20 Å². The molecule has 1 heterocycles. The van der Waals surface area contributed by atoms with Gasteiger partial charge in [0.2, 0.25) is 0 Å². The molecule has 0 radical (unpaired) electrons. The zero-order chi connectivity index (χ0) is 14.4. The number of hydrogen-bond acceptors (Lipinski definition) is 4. The predicted molar refractivity (Wildman–Crippen MR) is 70.6 cm³/mol. The lowest BCUT2D eigenvalue weighted by molar-refractivity contribution is 0.0855. The Morgan fingerprint density at radius 2 is 2.11 bits per heavy atom. The van der Waals surface area contributed by atoms with E-state index in [1.165, 1.54) is 0 Å². The number of rotatable bonds is 7. The van der Waals surface area contributed by atoms with Gasteiger partial charge >= 0.3 is 0 Å². The van der Waals surface area contributed by atoms with Crippen LogP contribution in [0.2, 0.25) is 0 Å². The largest absolute Gasteiger partial charge is 0.496 e. The number of hydrogen-bond donors (Lipinski definition) is 1. The van der Waals surface area contributed by atoms with E-state index in [0.717, 1.165) is 22.6 Å². The molecule has 0 bridgehead atoms. The standard InChI is InChI=1S/C13H21F2N3O/c1-9-6-17-11(10(2)13(9)19-3)7-18(5-4-16)8-12(14)15/h6,12H,4-5,7-8,16H2,1-3H3. The van der Waals surface area contributed by atoms with Crippen molar-refractivity contribution in [3.05, 3.63) is 23.0 Å². The Kier molecular flexibility index (Phi) is 6.11. The molecule has 1 rings (SSSR count). The van der Waals surface area contributed by atoms with E-state index in [1.807, 2.05) is 13.8 Å². The summed E-state index contributed by atoms with van der Waals surface area (Å²) in [5.41, 5.74) is 8.01. The van der Waals surface area contributed by atoms with Gasteiger partial charge in [0.15, 0.2) is 0 Å². The maximum Gasteiger partial charge on any atom is 0.251 e. The van der Waals surface area contributed by atoms with Crippen molar-refractivity contribution < 1.29 is 13.5 Å². The Hall–Kier alpha value is -1.27. The number of ether oxygens (including phenoxy) is 1. The van der Waals surface area contributed by atoms with Crippen LogP contribution in [0.5, 0.6) is 5.75 Å². The SMILES string of the molecule is COc1c(C)cnc(CN(CCN)CC(F)F)c1C. The molecule has 2 N–H and O–H groups in total. The number of nitrogens with zero attached hydrogens (tertiary/aromatic N) is 2. The molecule has 0 aliphatic heterocycles. The van der Waals surface area contributed by atoms with Gasteiger partial charge < -0.3 is 10.5 Å². The first-order valence-electron chi connectivity index (χ1n) is 6.19. The van der Waals surface area contributed by atoms with E-state index in [1.54, 1.807) is 18.2 Å². The predicted octanol–water partition coefficient (Wildman–Crippen LogP) is 1.73. The fraction of sp³-hybridized carbons (Fsp3) is 0.615. The van der Waals surface area contributed by atoms with E-state index < -0.39 is 6.43 Å². The highest BCUT2D eigenvalue weighted by Crippen LogP contribution is 2.24. The summed E-state index contributed by atoms with van der Waals surface area (Å²) in [7, 11) is 1.59. The summed E-state index contributed by atoms with van der Waals surface area (Å²) in [6.07, 6.45) is -0.677. The summed E-state index contributed by atoms with van der Waals surface area (Å²) in [5, 5.41) is 0. The number of aryl methyl sites for hydroxylation is 1. The normalized spacial score (nSPS) is 11.4. The van der Waals surface area contributed by atoms with Gasteiger partial charge in [-0.05, 0) is 13.8 Å². The van der Waals surface area contributed by atoms with Crippen LogP contribution in [0.3, 0.4) is 0 Å². The second-order valence-electron chi connectivity index (χ2n) is 4.46. The van der Waals surface area contributed by atoms with Gasteiger partial charge in [0.1, 0.15) is 5.75 Å². The van der Waals surface area contributed by atoms with Crippen LogP contribution in [-0.4, -0.2) is 43.1 Å². The molecule has 0 atom stereocenters. The van der Waals surface area contributed by atoms with Crippen molar-refractivity contribution in [1.29, 1.82) is 0 Å². The molecule has 0 aliphatic carbocycles. The molecule has 0 spiro atoms. The van der Waals surface area contributed by atoms with Crippen molar-refractivity contribution in [2.45, 2.75) is 26.8 Å². The van der Waals surface area contributed by atoms with Crippen LogP contribution < -0.4 is 10.5 Å². The minimum absolute atomic E-state index is 0.297. The molecule has 0 saturated heterocycles. The monoisotopic (exact) mass is 273 g/mol. The van der Waals surface area contributed by atoms with Gasteiger partial charge in [0, 0.05) is 37.0 Å². The number of methoxy groups -OCH3 is 1. The highest BCUT2D eigenvalue weighted by atomic mass is 19.3. The quantitative estimate of drug-likeness (QED) is 0.822. The Balaban J connectivity index is 2.90. The van der Waals surface area contributed by atoms with Crippen LogP contribution in [0.25, 0.3) is 0 Å². The molecule has 0 amide bonds. The Bertz CT molecular complexity index is 413. The van der Waals surface area contributed by atoms with Crippen molar-refractivity contribution >= 4 is 0 Å². The van der Waals surface area contributed by atoms with Crippen molar-refractivity contribution in [2.75, 3.05) is 26.7 Å². The summed E-state index contributed by atoms with van der Waals surface area (Å²) >= 11 is 0. The van der Waals surface area contributed by atoms with Gasteiger partial charge in [0.05, 0.1) is 19.3 Å². The fourth-order valence-corrected chi connectivity index (χ4v) is 2.05. The number of pyridine rings is 1. The molecule has 6 heteroatoms. The number of alkyl halides is 2. The Labute approximate surface area is 112 Å². The Morgan fingerprint density at radius 1 is 1.42 bits per heavy atom. The summed E-state index contributed by atoms with van der Waals surface area (Å²) in [6.45, 7) is 4.60. The van der Waals surface area contributed by atoms with Gasteiger partial charge in [-0.15, -0.1) is 0 Å². The first kappa shape index (κ1) is 15.8. The van der Waals surface area contributed by atoms with E-state index in [2.05, 4.69) is 4.98 Å². The van der Waals surface area contributed by atoms with Crippen molar-refractivity contribution in [3.8, 4) is 5.75 Å². The molecule has 1 aromatic rings. The third-order valence-corrected chi connectivity index (χ3v) is 2.96. The maximum absolute atomic E-state index is 12.5. The van der Waals surface area contributed by atoms with Crippen LogP contribution in [0, 0.1) is 13.8 Å². The molecule has 0 aromatic carbocycles. The molecule has 4 nitrogen and oxygen atoms in total. The van der Waals surface area contributed by atoms with Crippen molar-refractivity contribution in [1.82, 2.24) is 9.88 Å². The molecule has 0 unspecified atom stereocenters. The average molecular weight is 273 g/mol. The van der Waals surface area contributed by atoms with Gasteiger partial charge in [-0.25, -0.2) is 8.78 Å². The van der Waals surface area contributed by atoms with Gasteiger partial charge in [-0.3, -0.25) is 9.88 Å². The van der Waals surface area contributed by atoms with Crippen molar-refractivity contribution in [2.24, 2.45) is 5.73 Å². The molecular formula is C13H21F2N3O. The fourth-order valence-electron chi connectivity index (χ4n) is 2.05. The van der Waals surface area contributed by atoms with E-state index in [-0.39, 0.29) is 6.54 Å². The zero-order valence-corrected chi connectivity index (χ0v) is 11.6. The molecule has 108 valence electrons. The highest BCUT2D eigenvalue weighted by molar-refractivity contribution is 5.41. The van der Waals surface area contributed by atoms with Crippen molar-refractivity contribution in [3.63, 3.8) is 0 Å². The first-order chi connectivity index (χ1) is 8.99. The first-order valence-corrected chi connectivity index (χ1v) is 6.19. The van der Waals surface area contributed by atoms with Gasteiger partial charge in [0.25, 0.3) is 6.43 Å². The molecular weight excluding hydrogens is 252 g/mol. The topological polar surface area (TPSA) is 51.4 Å². The molecule has 0 aliphatic rings. The smallest absolute Gasteiger partial charge is 0.251 e. The number of halogens is 2. The lowest BCUT2D eigenvalue weighted by atomic mass is 10.1. The molecule has 0 saturated carbocycles. The average Bonchev–Trinajstić information content (AvgIpc) is 2.33.